The number of piperidine rings is 1. The molecule has 0 spiro atoms. The van der Waals surface area contributed by atoms with E-state index in [4.69, 9.17) is 9.47 Å². The molecule has 0 saturated carbocycles. The molecule has 2 rings (SSSR count). The average molecular weight is 319 g/mol. The molecule has 1 saturated heterocycles. The number of nitrogens with zero attached hydrogens (tertiary/aromatic N) is 2. The van der Waals surface area contributed by atoms with Gasteiger partial charge in [0, 0.05) is 42.4 Å². The molecule has 0 aromatic rings. The fourth-order valence-electron chi connectivity index (χ4n) is 2.86. The van der Waals surface area contributed by atoms with E-state index >= 15 is 0 Å². The molecular weight excluding hydrogens is 292 g/mol. The number of hydrogen-bond donors (Lipinski definition) is 0. The van der Waals surface area contributed by atoms with Crippen LogP contribution >= 0.6 is 0 Å². The van der Waals surface area contributed by atoms with Crippen molar-refractivity contribution in [2.45, 2.75) is 52.1 Å². The Balaban J connectivity index is 1.85. The Labute approximate surface area is 138 Å². The maximum Gasteiger partial charge on any atom is 0.502 e. The summed E-state index contributed by atoms with van der Waals surface area (Å²) in [4.78, 5) is 14.3. The van der Waals surface area contributed by atoms with Crippen molar-refractivity contribution in [1.29, 1.82) is 0 Å². The molecule has 0 aromatic carbocycles. The fourth-order valence-corrected chi connectivity index (χ4v) is 2.86. The summed E-state index contributed by atoms with van der Waals surface area (Å²) in [6, 6.07) is 0. The largest absolute Gasteiger partial charge is 0.502 e. The predicted octanol–water partition coefficient (Wildman–Crippen LogP) is 2.06. The SMILES string of the molecule is COC1=[N+]=C=CCC(N2CCC(CC(=O)OC(C)(C)C)CC2)=C1. The molecule has 0 radical (unpaired) electrons. The Morgan fingerprint density at radius 1 is 1.39 bits per heavy atom. The minimum Gasteiger partial charge on any atom is -0.460 e. The second-order valence-corrected chi connectivity index (χ2v) is 7.05. The van der Waals surface area contributed by atoms with Gasteiger partial charge in [-0.3, -0.25) is 4.79 Å². The lowest BCUT2D eigenvalue weighted by atomic mass is 9.93. The minimum absolute atomic E-state index is 0.0871. The first-order valence-corrected chi connectivity index (χ1v) is 8.23. The molecule has 0 unspecified atom stereocenters. The predicted molar refractivity (Wildman–Crippen MR) is 91.2 cm³/mol. The van der Waals surface area contributed by atoms with E-state index in [-0.39, 0.29) is 5.97 Å². The van der Waals surface area contributed by atoms with Crippen molar-refractivity contribution in [3.05, 3.63) is 17.8 Å². The average Bonchev–Trinajstić information content (AvgIpc) is 2.71. The monoisotopic (exact) mass is 319 g/mol. The molecule has 2 aliphatic rings. The van der Waals surface area contributed by atoms with Crippen LogP contribution in [-0.2, 0) is 14.3 Å². The number of allylic oxidation sites excluding steroid dienone is 1. The van der Waals surface area contributed by atoms with Gasteiger partial charge in [0.1, 0.15) is 5.60 Å². The van der Waals surface area contributed by atoms with E-state index in [0.29, 0.717) is 18.2 Å². The Bertz CT molecular complexity index is 566. The number of carbonyl (C=O) groups excluding carboxylic acids is 1. The molecule has 2 heterocycles. The highest BCUT2D eigenvalue weighted by Crippen LogP contribution is 2.25. The second-order valence-electron chi connectivity index (χ2n) is 7.05. The summed E-state index contributed by atoms with van der Waals surface area (Å²) in [6.45, 7) is 7.62. The zero-order chi connectivity index (χ0) is 16.9. The number of methoxy groups -OCH3 is 1. The van der Waals surface area contributed by atoms with Crippen molar-refractivity contribution in [3.63, 3.8) is 0 Å². The van der Waals surface area contributed by atoms with Crippen molar-refractivity contribution < 1.29 is 14.3 Å². The first-order chi connectivity index (χ1) is 10.9. The van der Waals surface area contributed by atoms with Crippen LogP contribution in [-0.4, -0.2) is 48.4 Å². The van der Waals surface area contributed by atoms with Gasteiger partial charge in [-0.25, -0.2) is 0 Å². The van der Waals surface area contributed by atoms with Crippen LogP contribution in [0.25, 0.3) is 0 Å². The highest BCUT2D eigenvalue weighted by atomic mass is 16.6. The van der Waals surface area contributed by atoms with Crippen molar-refractivity contribution in [2.75, 3.05) is 20.2 Å². The van der Waals surface area contributed by atoms with Gasteiger partial charge in [0.2, 0.25) is 0 Å². The van der Waals surface area contributed by atoms with E-state index in [0.717, 1.165) is 32.4 Å². The summed E-state index contributed by atoms with van der Waals surface area (Å²) in [5, 5.41) is 0. The molecule has 0 atom stereocenters. The molecule has 1 fully saturated rings. The van der Waals surface area contributed by atoms with Crippen LogP contribution in [0.3, 0.4) is 0 Å². The minimum atomic E-state index is -0.401. The van der Waals surface area contributed by atoms with Gasteiger partial charge in [0.15, 0.2) is 0 Å². The number of likely N-dealkylation sites (tertiary alicyclic amines) is 1. The van der Waals surface area contributed by atoms with Crippen LogP contribution in [0.2, 0.25) is 0 Å². The number of carbonyl (C=O) groups is 1. The van der Waals surface area contributed by atoms with E-state index in [2.05, 4.69) is 15.4 Å². The molecule has 0 amide bonds. The topological polar surface area (TPSA) is 52.9 Å². The van der Waals surface area contributed by atoms with Gasteiger partial charge < -0.3 is 14.4 Å². The summed E-state index contributed by atoms with van der Waals surface area (Å²) in [6.07, 6.45) is 7.23. The van der Waals surface area contributed by atoms with Gasteiger partial charge in [-0.15, -0.1) is 0 Å². The summed E-state index contributed by atoms with van der Waals surface area (Å²) < 4.78 is 14.7. The van der Waals surface area contributed by atoms with Gasteiger partial charge in [-0.05, 0) is 39.5 Å². The third-order valence-electron chi connectivity index (χ3n) is 3.97. The van der Waals surface area contributed by atoms with E-state index in [1.54, 1.807) is 7.11 Å². The molecule has 5 nitrogen and oxygen atoms in total. The first-order valence-electron chi connectivity index (χ1n) is 8.23. The van der Waals surface area contributed by atoms with Crippen molar-refractivity contribution in [3.8, 4) is 0 Å². The molecule has 5 heteroatoms. The third-order valence-corrected chi connectivity index (χ3v) is 3.97. The van der Waals surface area contributed by atoms with Crippen molar-refractivity contribution in [1.82, 2.24) is 9.57 Å². The lowest BCUT2D eigenvalue weighted by Crippen LogP contribution is -2.35. The zero-order valence-corrected chi connectivity index (χ0v) is 14.6. The Morgan fingerprint density at radius 3 is 2.70 bits per heavy atom. The highest BCUT2D eigenvalue weighted by molar-refractivity contribution is 5.89. The van der Waals surface area contributed by atoms with Crippen LogP contribution in [0, 0.1) is 5.92 Å². The number of hydrogen-bond acceptors (Lipinski definition) is 4. The lowest BCUT2D eigenvalue weighted by Gasteiger charge is -2.34. The third kappa shape index (κ3) is 5.63. The van der Waals surface area contributed by atoms with Gasteiger partial charge in [0.25, 0.3) is 0 Å². The molecule has 23 heavy (non-hydrogen) atoms. The molecule has 126 valence electrons. The maximum atomic E-state index is 11.9. The van der Waals surface area contributed by atoms with E-state index in [1.165, 1.54) is 5.70 Å². The van der Waals surface area contributed by atoms with Crippen LogP contribution in [0.1, 0.15) is 46.5 Å². The first kappa shape index (κ1) is 17.4. The smallest absolute Gasteiger partial charge is 0.460 e. The van der Waals surface area contributed by atoms with Crippen molar-refractivity contribution >= 4 is 17.7 Å². The summed E-state index contributed by atoms with van der Waals surface area (Å²) >= 11 is 0. The van der Waals surface area contributed by atoms with E-state index in [9.17, 15) is 4.79 Å². The van der Waals surface area contributed by atoms with Gasteiger partial charge in [0.05, 0.1) is 13.2 Å². The fraction of sp³-hybridized carbons (Fsp3) is 0.667. The van der Waals surface area contributed by atoms with Crippen LogP contribution in [0.15, 0.2) is 17.8 Å². The summed E-state index contributed by atoms with van der Waals surface area (Å²) in [5.74, 6) is 3.78. The Morgan fingerprint density at radius 2 is 2.09 bits per heavy atom. The number of esters is 1. The van der Waals surface area contributed by atoms with Gasteiger partial charge in [-0.2, -0.15) is 0 Å². The Kier molecular flexibility index (Phi) is 5.70. The Hall–Kier alpha value is -1.96. The summed E-state index contributed by atoms with van der Waals surface area (Å²) in [5.41, 5.74) is 0.799. The van der Waals surface area contributed by atoms with E-state index in [1.807, 2.05) is 32.9 Å². The quantitative estimate of drug-likeness (QED) is 0.590. The number of rotatable bonds is 3. The standard InChI is InChI=1S/C18H27N2O3/c1-18(2,3)23-17(21)12-14-7-10-20(11-8-14)15-6-5-9-19-16(13-15)22-4/h5,13-14H,6-8,10-12H2,1-4H3/q+1. The van der Waals surface area contributed by atoms with Crippen LogP contribution in [0.4, 0.5) is 0 Å². The van der Waals surface area contributed by atoms with Crippen LogP contribution in [0.5, 0.6) is 0 Å². The van der Waals surface area contributed by atoms with Gasteiger partial charge in [-0.1, -0.05) is 0 Å². The van der Waals surface area contributed by atoms with Gasteiger partial charge >= 0.3 is 17.7 Å². The second kappa shape index (κ2) is 7.54. The zero-order valence-electron chi connectivity index (χ0n) is 14.6. The lowest BCUT2D eigenvalue weighted by molar-refractivity contribution is -0.156. The number of ether oxygens (including phenoxy) is 2. The van der Waals surface area contributed by atoms with Crippen LogP contribution < -0.4 is 4.67 Å². The molecule has 0 N–H and O–H groups in total. The maximum absolute atomic E-state index is 11.9. The normalized spacial score (nSPS) is 19.0. The molecule has 0 aromatic heterocycles. The van der Waals surface area contributed by atoms with Crippen molar-refractivity contribution in [2.24, 2.45) is 5.92 Å². The molecular formula is C18H27N2O3+. The molecule has 0 aliphatic carbocycles. The highest BCUT2D eigenvalue weighted by Gasteiger charge is 2.26. The van der Waals surface area contributed by atoms with E-state index < -0.39 is 5.60 Å². The molecule has 2 aliphatic heterocycles. The summed E-state index contributed by atoms with van der Waals surface area (Å²) in [7, 11) is 1.62. The molecule has 0 bridgehead atoms.